The topological polar surface area (TPSA) is 63.7 Å². The van der Waals surface area contributed by atoms with Crippen LogP contribution in [0.15, 0.2) is 18.2 Å². The molecule has 20 heavy (non-hydrogen) atoms. The second-order valence-electron chi connectivity index (χ2n) is 5.08. The lowest BCUT2D eigenvalue weighted by atomic mass is 10.1. The number of Topliss-reactive ketones (excluding diaryl/α,β-unsaturated/α-hetero) is 1. The van der Waals surface area contributed by atoms with Gasteiger partial charge in [0.05, 0.1) is 29.9 Å². The van der Waals surface area contributed by atoms with E-state index in [2.05, 4.69) is 0 Å². The molecule has 1 unspecified atom stereocenters. The van der Waals surface area contributed by atoms with E-state index in [9.17, 15) is 13.2 Å². The van der Waals surface area contributed by atoms with E-state index >= 15 is 0 Å². The normalized spacial score (nSPS) is 20.6. The lowest BCUT2D eigenvalue weighted by Gasteiger charge is -2.28. The zero-order valence-electron chi connectivity index (χ0n) is 11.9. The summed E-state index contributed by atoms with van der Waals surface area (Å²) in [6, 6.07) is 5.27. The van der Waals surface area contributed by atoms with Gasteiger partial charge in [-0.2, -0.15) is 0 Å². The first kappa shape index (κ1) is 14.8. The van der Waals surface area contributed by atoms with E-state index in [1.165, 1.54) is 14.0 Å². The number of hydrogen-bond donors (Lipinski definition) is 0. The Kier molecular flexibility index (Phi) is 4.04. The predicted octanol–water partition coefficient (Wildman–Crippen LogP) is 1.52. The number of ether oxygens (including phenoxy) is 1. The van der Waals surface area contributed by atoms with Gasteiger partial charge in [0.25, 0.3) is 0 Å². The molecule has 0 radical (unpaired) electrons. The number of nitrogens with zero attached hydrogens (tertiary/aromatic N) is 1. The SMILES string of the molecule is COc1cccc(N(C)C2CCS(=O)(=O)C2)c1C(C)=O. The fourth-order valence-corrected chi connectivity index (χ4v) is 4.39. The van der Waals surface area contributed by atoms with Crippen molar-refractivity contribution in [2.45, 2.75) is 19.4 Å². The minimum atomic E-state index is -2.96. The van der Waals surface area contributed by atoms with Gasteiger partial charge in [0.15, 0.2) is 15.6 Å². The van der Waals surface area contributed by atoms with Gasteiger partial charge in [0.2, 0.25) is 0 Å². The number of sulfone groups is 1. The number of hydrogen-bond acceptors (Lipinski definition) is 5. The summed E-state index contributed by atoms with van der Waals surface area (Å²) in [6.07, 6.45) is 0.591. The van der Waals surface area contributed by atoms with Crippen LogP contribution in [-0.4, -0.2) is 45.9 Å². The largest absolute Gasteiger partial charge is 0.496 e. The minimum absolute atomic E-state index is 0.0924. The van der Waals surface area contributed by atoms with Crippen molar-refractivity contribution >= 4 is 21.3 Å². The molecule has 1 aliphatic heterocycles. The quantitative estimate of drug-likeness (QED) is 0.789. The highest BCUT2D eigenvalue weighted by molar-refractivity contribution is 7.91. The van der Waals surface area contributed by atoms with Crippen molar-refractivity contribution in [1.82, 2.24) is 0 Å². The molecule has 2 rings (SSSR count). The van der Waals surface area contributed by atoms with Crippen molar-refractivity contribution in [3.8, 4) is 5.75 Å². The third-order valence-corrected chi connectivity index (χ3v) is 5.46. The van der Waals surface area contributed by atoms with Gasteiger partial charge in [-0.3, -0.25) is 4.79 Å². The molecule has 1 aliphatic rings. The average Bonchev–Trinajstić information content (AvgIpc) is 2.77. The second kappa shape index (κ2) is 5.44. The molecule has 1 heterocycles. The maximum atomic E-state index is 11.9. The van der Waals surface area contributed by atoms with Gasteiger partial charge >= 0.3 is 0 Å². The molecular weight excluding hydrogens is 278 g/mol. The molecule has 1 aromatic carbocycles. The first-order valence-electron chi connectivity index (χ1n) is 6.47. The summed E-state index contributed by atoms with van der Waals surface area (Å²) in [6.45, 7) is 1.49. The molecule has 0 aromatic heterocycles. The minimum Gasteiger partial charge on any atom is -0.496 e. The number of carbonyl (C=O) groups excluding carboxylic acids is 1. The van der Waals surface area contributed by atoms with Gasteiger partial charge in [-0.05, 0) is 25.5 Å². The Balaban J connectivity index is 2.40. The van der Waals surface area contributed by atoms with Gasteiger partial charge in [0, 0.05) is 13.1 Å². The second-order valence-corrected chi connectivity index (χ2v) is 7.31. The van der Waals surface area contributed by atoms with Crippen molar-refractivity contribution in [2.75, 3.05) is 30.6 Å². The van der Waals surface area contributed by atoms with E-state index < -0.39 is 9.84 Å². The molecule has 1 aromatic rings. The number of carbonyl (C=O) groups is 1. The first-order valence-corrected chi connectivity index (χ1v) is 8.29. The Hall–Kier alpha value is -1.56. The Morgan fingerprint density at radius 1 is 1.40 bits per heavy atom. The third kappa shape index (κ3) is 2.80. The summed E-state index contributed by atoms with van der Waals surface area (Å²) >= 11 is 0. The van der Waals surface area contributed by atoms with E-state index in [4.69, 9.17) is 4.74 Å². The molecule has 0 amide bonds. The van der Waals surface area contributed by atoms with E-state index in [0.717, 1.165) is 5.69 Å². The zero-order valence-corrected chi connectivity index (χ0v) is 12.7. The van der Waals surface area contributed by atoms with Gasteiger partial charge in [-0.15, -0.1) is 0 Å². The predicted molar refractivity (Wildman–Crippen MR) is 78.5 cm³/mol. The fourth-order valence-electron chi connectivity index (χ4n) is 2.61. The van der Waals surface area contributed by atoms with Gasteiger partial charge in [0.1, 0.15) is 5.75 Å². The van der Waals surface area contributed by atoms with Crippen LogP contribution in [0.5, 0.6) is 5.75 Å². The highest BCUT2D eigenvalue weighted by atomic mass is 32.2. The van der Waals surface area contributed by atoms with E-state index in [1.54, 1.807) is 12.1 Å². The maximum absolute atomic E-state index is 11.9. The molecule has 0 N–H and O–H groups in total. The molecule has 1 fully saturated rings. The van der Waals surface area contributed by atoms with Crippen LogP contribution in [0.2, 0.25) is 0 Å². The molecule has 0 aliphatic carbocycles. The van der Waals surface area contributed by atoms with Crippen LogP contribution in [0.1, 0.15) is 23.7 Å². The molecule has 1 saturated heterocycles. The molecule has 0 spiro atoms. The lowest BCUT2D eigenvalue weighted by Crippen LogP contribution is -2.33. The summed E-state index contributed by atoms with van der Waals surface area (Å²) < 4.78 is 28.4. The summed E-state index contributed by atoms with van der Waals surface area (Å²) in [4.78, 5) is 13.7. The van der Waals surface area contributed by atoms with Gasteiger partial charge < -0.3 is 9.64 Å². The third-order valence-electron chi connectivity index (χ3n) is 3.71. The molecule has 0 saturated carbocycles. The van der Waals surface area contributed by atoms with Crippen LogP contribution in [0.25, 0.3) is 0 Å². The van der Waals surface area contributed by atoms with E-state index in [1.807, 2.05) is 18.0 Å². The zero-order chi connectivity index (χ0) is 14.9. The smallest absolute Gasteiger partial charge is 0.165 e. The maximum Gasteiger partial charge on any atom is 0.165 e. The molecule has 5 nitrogen and oxygen atoms in total. The van der Waals surface area contributed by atoms with Crippen molar-refractivity contribution in [1.29, 1.82) is 0 Å². The molecule has 1 atom stereocenters. The number of methoxy groups -OCH3 is 1. The standard InChI is InChI=1S/C14H19NO4S/c1-10(16)14-12(5-4-6-13(14)19-3)15(2)11-7-8-20(17,18)9-11/h4-6,11H,7-9H2,1-3H3. The van der Waals surface area contributed by atoms with Crippen LogP contribution >= 0.6 is 0 Å². The van der Waals surface area contributed by atoms with Gasteiger partial charge in [-0.1, -0.05) is 6.07 Å². The Bertz CT molecular complexity index is 624. The van der Waals surface area contributed by atoms with Crippen LogP contribution in [0.4, 0.5) is 5.69 Å². The lowest BCUT2D eigenvalue weighted by molar-refractivity contribution is 0.101. The average molecular weight is 297 g/mol. The highest BCUT2D eigenvalue weighted by Crippen LogP contribution is 2.32. The number of ketones is 1. The van der Waals surface area contributed by atoms with Crippen LogP contribution in [0.3, 0.4) is 0 Å². The summed E-state index contributed by atoms with van der Waals surface area (Å²) in [5.74, 6) is 0.771. The van der Waals surface area contributed by atoms with Crippen LogP contribution in [0, 0.1) is 0 Å². The Morgan fingerprint density at radius 3 is 2.60 bits per heavy atom. The van der Waals surface area contributed by atoms with Crippen molar-refractivity contribution in [2.24, 2.45) is 0 Å². The Labute approximate surface area is 119 Å². The molecule has 0 bridgehead atoms. The number of rotatable bonds is 4. The van der Waals surface area contributed by atoms with E-state index in [-0.39, 0.29) is 23.3 Å². The van der Waals surface area contributed by atoms with Crippen LogP contribution < -0.4 is 9.64 Å². The monoisotopic (exact) mass is 297 g/mol. The highest BCUT2D eigenvalue weighted by Gasteiger charge is 2.32. The van der Waals surface area contributed by atoms with Crippen molar-refractivity contribution in [3.05, 3.63) is 23.8 Å². The molecule has 110 valence electrons. The fraction of sp³-hybridized carbons (Fsp3) is 0.500. The van der Waals surface area contributed by atoms with E-state index in [0.29, 0.717) is 17.7 Å². The first-order chi connectivity index (χ1) is 9.35. The number of anilines is 1. The van der Waals surface area contributed by atoms with Crippen molar-refractivity contribution in [3.63, 3.8) is 0 Å². The van der Waals surface area contributed by atoms with Crippen molar-refractivity contribution < 1.29 is 17.9 Å². The summed E-state index contributed by atoms with van der Waals surface area (Å²) in [7, 11) is 0.390. The summed E-state index contributed by atoms with van der Waals surface area (Å²) in [5.41, 5.74) is 1.22. The van der Waals surface area contributed by atoms with Crippen LogP contribution in [-0.2, 0) is 9.84 Å². The Morgan fingerprint density at radius 2 is 2.10 bits per heavy atom. The van der Waals surface area contributed by atoms with Gasteiger partial charge in [-0.25, -0.2) is 8.42 Å². The summed E-state index contributed by atoms with van der Waals surface area (Å²) in [5, 5.41) is 0. The molecule has 6 heteroatoms. The number of benzene rings is 1. The molecular formula is C14H19NO4S.